The molecule has 0 fully saturated rings. The van der Waals surface area contributed by atoms with Gasteiger partial charge in [0.05, 0.1) is 11.4 Å². The van der Waals surface area contributed by atoms with Crippen molar-refractivity contribution in [3.8, 4) is 11.1 Å². The Morgan fingerprint density at radius 1 is 0.339 bits per heavy atom. The molecule has 1 aliphatic heterocycles. The molecule has 0 N–H and O–H groups in total. The summed E-state index contributed by atoms with van der Waals surface area (Å²) < 4.78 is 0. The minimum Gasteiger partial charge on any atom is -0.310 e. The summed E-state index contributed by atoms with van der Waals surface area (Å²) in [7, 11) is 0. The van der Waals surface area contributed by atoms with E-state index >= 15 is 0 Å². The predicted octanol–water partition coefficient (Wildman–Crippen LogP) is 15.0. The quantitative estimate of drug-likeness (QED) is 0.167. The van der Waals surface area contributed by atoms with E-state index in [9.17, 15) is 0 Å². The van der Waals surface area contributed by atoms with Gasteiger partial charge in [-0.3, -0.25) is 0 Å². The fourth-order valence-corrected chi connectivity index (χ4v) is 10.00. The molecule has 0 radical (unpaired) electrons. The highest BCUT2D eigenvalue weighted by molar-refractivity contribution is 6.25. The number of nitrogens with zero attached hydrogens (tertiary/aromatic N) is 2. The Kier molecular flexibility index (Phi) is 6.98. The lowest BCUT2D eigenvalue weighted by Gasteiger charge is -2.43. The molecule has 0 amide bonds. The average molecular weight is 719 g/mol. The molecule has 268 valence electrons. The Labute approximate surface area is 328 Å². The number of hydrogen-bond donors (Lipinski definition) is 0. The second-order valence-electron chi connectivity index (χ2n) is 16.6. The van der Waals surface area contributed by atoms with Crippen LogP contribution in [0.2, 0.25) is 0 Å². The predicted molar refractivity (Wildman–Crippen MR) is 238 cm³/mol. The maximum absolute atomic E-state index is 2.50. The lowest BCUT2D eigenvalue weighted by atomic mass is 9.73. The fraction of sp³-hybridized carbons (Fsp3) is 0.111. The molecule has 0 saturated carbocycles. The molecular formula is C54H42N2. The summed E-state index contributed by atoms with van der Waals surface area (Å²) in [6.45, 7) is 9.50. The number of rotatable bonds is 4. The lowest BCUT2D eigenvalue weighted by molar-refractivity contribution is 0.631. The molecule has 0 spiro atoms. The molecule has 56 heavy (non-hydrogen) atoms. The van der Waals surface area contributed by atoms with Gasteiger partial charge in [-0.2, -0.15) is 0 Å². The second kappa shape index (κ2) is 11.9. The molecule has 2 heteroatoms. The van der Waals surface area contributed by atoms with Gasteiger partial charge in [0.25, 0.3) is 0 Å². The van der Waals surface area contributed by atoms with E-state index in [4.69, 9.17) is 0 Å². The van der Waals surface area contributed by atoms with Gasteiger partial charge in [0.15, 0.2) is 0 Å². The van der Waals surface area contributed by atoms with Crippen LogP contribution in [0.1, 0.15) is 49.9 Å². The summed E-state index contributed by atoms with van der Waals surface area (Å²) in [5.74, 6) is 0. The normalized spacial score (nSPS) is 14.7. The molecule has 11 rings (SSSR count). The number of para-hydroxylation sites is 2. The van der Waals surface area contributed by atoms with Crippen LogP contribution in [0.3, 0.4) is 0 Å². The third-order valence-corrected chi connectivity index (χ3v) is 12.8. The van der Waals surface area contributed by atoms with Gasteiger partial charge in [0.1, 0.15) is 0 Å². The van der Waals surface area contributed by atoms with Crippen molar-refractivity contribution in [2.75, 3.05) is 9.80 Å². The molecule has 2 nitrogen and oxygen atoms in total. The van der Waals surface area contributed by atoms with Gasteiger partial charge in [-0.05, 0) is 126 Å². The first kappa shape index (κ1) is 32.8. The molecular weight excluding hydrogens is 677 g/mol. The summed E-state index contributed by atoms with van der Waals surface area (Å²) in [6.07, 6.45) is 0. The monoisotopic (exact) mass is 718 g/mol. The second-order valence-corrected chi connectivity index (χ2v) is 16.6. The summed E-state index contributed by atoms with van der Waals surface area (Å²) in [5.41, 5.74) is 14.8. The van der Waals surface area contributed by atoms with Crippen molar-refractivity contribution in [1.29, 1.82) is 0 Å². The van der Waals surface area contributed by atoms with Gasteiger partial charge < -0.3 is 9.80 Å². The minimum atomic E-state index is -0.245. The van der Waals surface area contributed by atoms with Crippen LogP contribution in [0.4, 0.5) is 34.1 Å². The van der Waals surface area contributed by atoms with Crippen molar-refractivity contribution in [3.05, 3.63) is 204 Å². The SMILES string of the molecule is CC1(C)c2ccccc2-c2ccc(N3c4ccccc4C(C)(C)c4cc(N(c5ccccc5)c5ccc6c7ccccc7c7ccccc7c6c5)ccc43)cc21. The number of hydrogen-bond acceptors (Lipinski definition) is 2. The highest BCUT2D eigenvalue weighted by Crippen LogP contribution is 2.56. The van der Waals surface area contributed by atoms with Crippen LogP contribution in [-0.2, 0) is 10.8 Å². The van der Waals surface area contributed by atoms with E-state index in [-0.39, 0.29) is 10.8 Å². The van der Waals surface area contributed by atoms with Crippen LogP contribution in [-0.4, -0.2) is 0 Å². The third kappa shape index (κ3) is 4.62. The van der Waals surface area contributed by atoms with E-state index in [1.807, 2.05) is 0 Å². The van der Waals surface area contributed by atoms with Crippen LogP contribution < -0.4 is 9.80 Å². The number of anilines is 6. The zero-order valence-electron chi connectivity index (χ0n) is 32.2. The molecule has 0 aromatic heterocycles. The van der Waals surface area contributed by atoms with E-state index in [2.05, 4.69) is 219 Å². The Hall–Kier alpha value is -6.64. The van der Waals surface area contributed by atoms with E-state index in [1.165, 1.54) is 82.8 Å². The zero-order chi connectivity index (χ0) is 37.8. The maximum atomic E-state index is 2.50. The molecule has 9 aromatic rings. The standard InChI is InChI=1S/C54H42N2/c1-53(2)47-23-13-12-22-44(47)45-30-27-38(33-49(45)53)56-51-25-15-14-24-48(51)54(3,4)50-34-37(28-31-52(50)56)55(35-16-6-5-7-17-35)36-26-29-43-41-20-9-8-18-39(41)40-19-10-11-21-42(40)46(43)32-36/h5-34H,1-4H3. The van der Waals surface area contributed by atoms with Gasteiger partial charge in [0, 0.05) is 33.6 Å². The number of benzene rings is 9. The highest BCUT2D eigenvalue weighted by atomic mass is 15.2. The van der Waals surface area contributed by atoms with Crippen molar-refractivity contribution < 1.29 is 0 Å². The van der Waals surface area contributed by atoms with Gasteiger partial charge >= 0.3 is 0 Å². The first-order valence-electron chi connectivity index (χ1n) is 19.8. The average Bonchev–Trinajstić information content (AvgIpc) is 3.47. The van der Waals surface area contributed by atoms with Crippen molar-refractivity contribution in [2.45, 2.75) is 38.5 Å². The van der Waals surface area contributed by atoms with Gasteiger partial charge in [-0.15, -0.1) is 0 Å². The zero-order valence-corrected chi connectivity index (χ0v) is 32.2. The number of fused-ring (bicyclic) bond motifs is 11. The van der Waals surface area contributed by atoms with Crippen LogP contribution in [0.5, 0.6) is 0 Å². The molecule has 1 aliphatic carbocycles. The van der Waals surface area contributed by atoms with Crippen molar-refractivity contribution in [1.82, 2.24) is 0 Å². The summed E-state index contributed by atoms with van der Waals surface area (Å²) in [6, 6.07) is 67.6. The summed E-state index contributed by atoms with van der Waals surface area (Å²) in [4.78, 5) is 4.93. The first-order valence-corrected chi connectivity index (χ1v) is 19.8. The molecule has 0 saturated heterocycles. The molecule has 9 aromatic carbocycles. The van der Waals surface area contributed by atoms with Crippen molar-refractivity contribution in [3.63, 3.8) is 0 Å². The Morgan fingerprint density at radius 2 is 0.857 bits per heavy atom. The molecule has 1 heterocycles. The topological polar surface area (TPSA) is 6.48 Å². The fourth-order valence-electron chi connectivity index (χ4n) is 10.00. The highest BCUT2D eigenvalue weighted by Gasteiger charge is 2.39. The largest absolute Gasteiger partial charge is 0.310 e. The molecule has 2 aliphatic rings. The summed E-state index contributed by atoms with van der Waals surface area (Å²) >= 11 is 0. The van der Waals surface area contributed by atoms with Crippen molar-refractivity contribution in [2.24, 2.45) is 0 Å². The lowest BCUT2D eigenvalue weighted by Crippen LogP contribution is -2.31. The minimum absolute atomic E-state index is 0.0865. The van der Waals surface area contributed by atoms with Crippen LogP contribution in [0.25, 0.3) is 43.4 Å². The van der Waals surface area contributed by atoms with Gasteiger partial charge in [-0.1, -0.05) is 149 Å². The van der Waals surface area contributed by atoms with Crippen molar-refractivity contribution >= 4 is 66.4 Å². The van der Waals surface area contributed by atoms with E-state index in [0.29, 0.717) is 0 Å². The molecule has 0 bridgehead atoms. The Morgan fingerprint density at radius 3 is 1.59 bits per heavy atom. The summed E-state index contributed by atoms with van der Waals surface area (Å²) in [5, 5.41) is 7.67. The Bertz CT molecular complexity index is 3010. The van der Waals surface area contributed by atoms with Gasteiger partial charge in [0.2, 0.25) is 0 Å². The maximum Gasteiger partial charge on any atom is 0.0504 e. The van der Waals surface area contributed by atoms with E-state index in [1.54, 1.807) is 0 Å². The third-order valence-electron chi connectivity index (χ3n) is 12.8. The Balaban J connectivity index is 1.11. The molecule has 0 atom stereocenters. The van der Waals surface area contributed by atoms with Crippen LogP contribution in [0, 0.1) is 0 Å². The van der Waals surface area contributed by atoms with E-state index in [0.717, 1.165) is 17.1 Å². The van der Waals surface area contributed by atoms with Gasteiger partial charge in [-0.25, -0.2) is 0 Å². The van der Waals surface area contributed by atoms with Crippen LogP contribution >= 0.6 is 0 Å². The van der Waals surface area contributed by atoms with Crippen LogP contribution in [0.15, 0.2) is 182 Å². The smallest absolute Gasteiger partial charge is 0.0504 e. The molecule has 0 unspecified atom stereocenters. The van der Waals surface area contributed by atoms with E-state index < -0.39 is 0 Å². The first-order chi connectivity index (χ1) is 27.3.